The Morgan fingerprint density at radius 3 is 2.56 bits per heavy atom. The lowest BCUT2D eigenvalue weighted by molar-refractivity contribution is -0.114. The van der Waals surface area contributed by atoms with Crippen molar-refractivity contribution in [1.82, 2.24) is 4.90 Å². The van der Waals surface area contributed by atoms with Crippen LogP contribution in [-0.2, 0) is 9.53 Å². The quantitative estimate of drug-likeness (QED) is 0.805. The Labute approximate surface area is 154 Å². The zero-order chi connectivity index (χ0) is 18.4. The largest absolute Gasteiger partial charge is 0.444 e. The van der Waals surface area contributed by atoms with E-state index in [2.05, 4.69) is 5.32 Å². The molecular formula is C19H28N2O3S. The standard InChI is InChI=1S/C19H28N2O3S/c1-14(22)20-16-7-9-17(10-8-16)25-13-15-6-5-11-21(12-15)18(23)24-19(2,3)4/h7-10,15H,5-6,11-13H2,1-4H3,(H,20,22)/t15-/m0/s1. The Morgan fingerprint density at radius 1 is 1.28 bits per heavy atom. The van der Waals surface area contributed by atoms with E-state index in [1.807, 2.05) is 49.9 Å². The van der Waals surface area contributed by atoms with Gasteiger partial charge >= 0.3 is 6.09 Å². The second-order valence-electron chi connectivity index (χ2n) is 7.45. The summed E-state index contributed by atoms with van der Waals surface area (Å²) in [7, 11) is 0. The first-order chi connectivity index (χ1) is 11.7. The van der Waals surface area contributed by atoms with Gasteiger partial charge in [-0.1, -0.05) is 0 Å². The Hall–Kier alpha value is -1.69. The van der Waals surface area contributed by atoms with Crippen LogP contribution in [-0.4, -0.2) is 41.3 Å². The lowest BCUT2D eigenvalue weighted by atomic mass is 10.0. The lowest BCUT2D eigenvalue weighted by Crippen LogP contribution is -2.43. The molecule has 2 amide bonds. The van der Waals surface area contributed by atoms with E-state index in [1.54, 1.807) is 11.8 Å². The third-order valence-corrected chi connectivity index (χ3v) is 5.07. The van der Waals surface area contributed by atoms with Crippen molar-refractivity contribution in [3.8, 4) is 0 Å². The second-order valence-corrected chi connectivity index (χ2v) is 8.54. The lowest BCUT2D eigenvalue weighted by Gasteiger charge is -2.34. The molecule has 138 valence electrons. The monoisotopic (exact) mass is 364 g/mol. The molecule has 1 atom stereocenters. The fourth-order valence-corrected chi connectivity index (χ4v) is 3.77. The Balaban J connectivity index is 1.82. The molecule has 0 bridgehead atoms. The van der Waals surface area contributed by atoms with Gasteiger partial charge in [0.1, 0.15) is 5.60 Å². The van der Waals surface area contributed by atoms with E-state index < -0.39 is 5.60 Å². The van der Waals surface area contributed by atoms with Crippen LogP contribution >= 0.6 is 11.8 Å². The molecule has 0 saturated carbocycles. The summed E-state index contributed by atoms with van der Waals surface area (Å²) in [5.74, 6) is 1.38. The molecule has 0 radical (unpaired) electrons. The van der Waals surface area contributed by atoms with Crippen LogP contribution in [0.3, 0.4) is 0 Å². The number of benzene rings is 1. The Morgan fingerprint density at radius 2 is 1.96 bits per heavy atom. The number of hydrogen-bond donors (Lipinski definition) is 1. The van der Waals surface area contributed by atoms with Crippen molar-refractivity contribution in [2.24, 2.45) is 5.92 Å². The number of likely N-dealkylation sites (tertiary alicyclic amines) is 1. The molecule has 1 heterocycles. The highest BCUT2D eigenvalue weighted by molar-refractivity contribution is 7.99. The smallest absolute Gasteiger partial charge is 0.410 e. The van der Waals surface area contributed by atoms with Crippen molar-refractivity contribution >= 4 is 29.4 Å². The Bertz CT molecular complexity index is 596. The molecule has 6 heteroatoms. The number of thioether (sulfide) groups is 1. The minimum Gasteiger partial charge on any atom is -0.444 e. The molecule has 1 saturated heterocycles. The summed E-state index contributed by atoms with van der Waals surface area (Å²) in [5.41, 5.74) is 0.361. The normalized spacial score (nSPS) is 17.9. The van der Waals surface area contributed by atoms with Crippen LogP contribution in [0.2, 0.25) is 0 Å². The maximum atomic E-state index is 12.2. The summed E-state index contributed by atoms with van der Waals surface area (Å²) >= 11 is 1.79. The number of hydrogen-bond acceptors (Lipinski definition) is 4. The van der Waals surface area contributed by atoms with Crippen LogP contribution in [0.4, 0.5) is 10.5 Å². The molecule has 0 spiro atoms. The number of amides is 2. The van der Waals surface area contributed by atoms with Gasteiger partial charge in [-0.25, -0.2) is 4.79 Å². The summed E-state index contributed by atoms with van der Waals surface area (Å²) < 4.78 is 5.48. The SMILES string of the molecule is CC(=O)Nc1ccc(SC[C@H]2CCCN(C(=O)OC(C)(C)C)C2)cc1. The van der Waals surface area contributed by atoms with E-state index in [0.717, 1.165) is 37.4 Å². The highest BCUT2D eigenvalue weighted by Crippen LogP contribution is 2.27. The van der Waals surface area contributed by atoms with Crippen LogP contribution in [0.15, 0.2) is 29.2 Å². The van der Waals surface area contributed by atoms with Gasteiger partial charge in [0, 0.05) is 36.3 Å². The summed E-state index contributed by atoms with van der Waals surface area (Å²) in [6.45, 7) is 8.72. The number of ether oxygens (including phenoxy) is 1. The van der Waals surface area contributed by atoms with E-state index in [9.17, 15) is 9.59 Å². The molecular weight excluding hydrogens is 336 g/mol. The topological polar surface area (TPSA) is 58.6 Å². The molecule has 1 fully saturated rings. The molecule has 0 aromatic heterocycles. The van der Waals surface area contributed by atoms with Crippen molar-refractivity contribution in [1.29, 1.82) is 0 Å². The van der Waals surface area contributed by atoms with Gasteiger partial charge in [-0.05, 0) is 63.8 Å². The van der Waals surface area contributed by atoms with Crippen LogP contribution in [0.25, 0.3) is 0 Å². The molecule has 1 N–H and O–H groups in total. The van der Waals surface area contributed by atoms with Crippen LogP contribution in [0, 0.1) is 5.92 Å². The highest BCUT2D eigenvalue weighted by atomic mass is 32.2. The molecule has 1 aliphatic rings. The van der Waals surface area contributed by atoms with Crippen LogP contribution < -0.4 is 5.32 Å². The molecule has 1 aromatic rings. The summed E-state index contributed by atoms with van der Waals surface area (Å²) in [5, 5.41) is 2.77. The van der Waals surface area contributed by atoms with E-state index in [0.29, 0.717) is 5.92 Å². The van der Waals surface area contributed by atoms with Gasteiger partial charge < -0.3 is 15.0 Å². The number of rotatable bonds is 4. The van der Waals surface area contributed by atoms with Gasteiger partial charge in [0.15, 0.2) is 0 Å². The molecule has 0 unspecified atom stereocenters. The molecule has 0 aliphatic carbocycles. The molecule has 1 aromatic carbocycles. The number of nitrogens with one attached hydrogen (secondary N) is 1. The second kappa shape index (κ2) is 8.61. The first kappa shape index (κ1) is 19.6. The van der Waals surface area contributed by atoms with Crippen molar-refractivity contribution in [3.05, 3.63) is 24.3 Å². The van der Waals surface area contributed by atoms with E-state index in [4.69, 9.17) is 4.74 Å². The minimum atomic E-state index is -0.450. The van der Waals surface area contributed by atoms with Crippen molar-refractivity contribution in [2.45, 2.75) is 51.0 Å². The predicted molar refractivity (Wildman–Crippen MR) is 102 cm³/mol. The molecule has 2 rings (SSSR count). The van der Waals surface area contributed by atoms with Gasteiger partial charge in [0.25, 0.3) is 0 Å². The van der Waals surface area contributed by atoms with Crippen molar-refractivity contribution in [2.75, 3.05) is 24.2 Å². The fourth-order valence-electron chi connectivity index (χ4n) is 2.75. The summed E-state index contributed by atoms with van der Waals surface area (Å²) in [4.78, 5) is 26.3. The van der Waals surface area contributed by atoms with Crippen molar-refractivity contribution < 1.29 is 14.3 Å². The minimum absolute atomic E-state index is 0.0650. The number of anilines is 1. The van der Waals surface area contributed by atoms with E-state index >= 15 is 0 Å². The van der Waals surface area contributed by atoms with Gasteiger partial charge in [-0.3, -0.25) is 4.79 Å². The maximum absolute atomic E-state index is 12.2. The summed E-state index contributed by atoms with van der Waals surface area (Å²) in [6, 6.07) is 7.87. The van der Waals surface area contributed by atoms with Gasteiger partial charge in [0.2, 0.25) is 5.91 Å². The van der Waals surface area contributed by atoms with Crippen LogP contribution in [0.5, 0.6) is 0 Å². The predicted octanol–water partition coefficient (Wildman–Crippen LogP) is 4.38. The fraction of sp³-hybridized carbons (Fsp3) is 0.579. The highest BCUT2D eigenvalue weighted by Gasteiger charge is 2.27. The van der Waals surface area contributed by atoms with E-state index in [-0.39, 0.29) is 12.0 Å². The zero-order valence-electron chi connectivity index (χ0n) is 15.5. The molecule has 5 nitrogen and oxygen atoms in total. The van der Waals surface area contributed by atoms with Crippen LogP contribution in [0.1, 0.15) is 40.5 Å². The van der Waals surface area contributed by atoms with Gasteiger partial charge in [-0.15, -0.1) is 11.8 Å². The maximum Gasteiger partial charge on any atom is 0.410 e. The van der Waals surface area contributed by atoms with Crippen molar-refractivity contribution in [3.63, 3.8) is 0 Å². The van der Waals surface area contributed by atoms with E-state index in [1.165, 1.54) is 11.8 Å². The average molecular weight is 365 g/mol. The number of piperidine rings is 1. The van der Waals surface area contributed by atoms with Gasteiger partial charge in [-0.2, -0.15) is 0 Å². The zero-order valence-corrected chi connectivity index (χ0v) is 16.3. The molecule has 25 heavy (non-hydrogen) atoms. The third-order valence-electron chi connectivity index (χ3n) is 3.83. The first-order valence-electron chi connectivity index (χ1n) is 8.71. The Kier molecular flexibility index (Phi) is 6.76. The van der Waals surface area contributed by atoms with Gasteiger partial charge in [0.05, 0.1) is 0 Å². The molecule has 1 aliphatic heterocycles. The average Bonchev–Trinajstić information content (AvgIpc) is 2.52. The number of nitrogens with zero attached hydrogens (tertiary/aromatic N) is 1. The first-order valence-corrected chi connectivity index (χ1v) is 9.70. The third kappa shape index (κ3) is 6.98. The number of carbonyl (C=O) groups is 2. The number of carbonyl (C=O) groups excluding carboxylic acids is 2. The summed E-state index contributed by atoms with van der Waals surface area (Å²) in [6.07, 6.45) is 1.95.